The van der Waals surface area contributed by atoms with Gasteiger partial charge in [0.15, 0.2) is 16.6 Å². The zero-order valence-electron chi connectivity index (χ0n) is 22.0. The van der Waals surface area contributed by atoms with Crippen LogP contribution in [0.5, 0.6) is 0 Å². The number of aliphatic hydroxyl groups is 1. The first-order valence-electron chi connectivity index (χ1n) is 11.6. The molecule has 0 spiro atoms. The number of hydrogen-bond acceptors (Lipinski definition) is 3. The highest BCUT2D eigenvalue weighted by Crippen LogP contribution is 2.40. The van der Waals surface area contributed by atoms with Crippen molar-refractivity contribution in [2.45, 2.75) is 123 Å². The summed E-state index contributed by atoms with van der Waals surface area (Å²) in [4.78, 5) is 0. The van der Waals surface area contributed by atoms with Crippen molar-refractivity contribution in [2.24, 2.45) is 5.92 Å². The molecule has 0 saturated carbocycles. The average molecular weight is 457 g/mol. The molecule has 0 radical (unpaired) electrons. The third-order valence-corrected chi connectivity index (χ3v) is 16.0. The van der Waals surface area contributed by atoms with Crippen LogP contribution in [0.2, 0.25) is 36.3 Å². The van der Waals surface area contributed by atoms with Gasteiger partial charge < -0.3 is 14.0 Å². The SMILES string of the molecule is C=CC[C@H](O)C[C@@H](C)CC(=C)C[C@@H](CO[Si](C)(C)C(C)(C)C)O[Si](C)(C)C(C)(C)C. The highest BCUT2D eigenvalue weighted by atomic mass is 28.4. The monoisotopic (exact) mass is 456 g/mol. The second kappa shape index (κ2) is 11.6. The summed E-state index contributed by atoms with van der Waals surface area (Å²) in [6.45, 7) is 33.8. The van der Waals surface area contributed by atoms with Crippen LogP contribution >= 0.6 is 0 Å². The summed E-state index contributed by atoms with van der Waals surface area (Å²) in [5.41, 5.74) is 1.19. The largest absolute Gasteiger partial charge is 0.414 e. The van der Waals surface area contributed by atoms with Crippen LogP contribution in [0.25, 0.3) is 0 Å². The van der Waals surface area contributed by atoms with Crippen molar-refractivity contribution in [1.82, 2.24) is 0 Å². The van der Waals surface area contributed by atoms with Crippen LogP contribution in [0.3, 0.4) is 0 Å². The van der Waals surface area contributed by atoms with Crippen LogP contribution < -0.4 is 0 Å². The zero-order valence-corrected chi connectivity index (χ0v) is 24.0. The van der Waals surface area contributed by atoms with E-state index >= 15 is 0 Å². The third kappa shape index (κ3) is 10.4. The maximum atomic E-state index is 10.1. The van der Waals surface area contributed by atoms with Crippen molar-refractivity contribution in [3.63, 3.8) is 0 Å². The Labute approximate surface area is 190 Å². The van der Waals surface area contributed by atoms with E-state index in [1.165, 1.54) is 5.57 Å². The van der Waals surface area contributed by atoms with Gasteiger partial charge in [0.25, 0.3) is 0 Å². The Hall–Kier alpha value is -0.206. The molecule has 0 fully saturated rings. The molecular weight excluding hydrogens is 404 g/mol. The summed E-state index contributed by atoms with van der Waals surface area (Å²) in [7, 11) is -3.75. The highest BCUT2D eigenvalue weighted by molar-refractivity contribution is 6.74. The molecule has 0 aromatic rings. The molecule has 0 aromatic carbocycles. The first kappa shape index (κ1) is 29.8. The molecule has 0 aliphatic rings. The van der Waals surface area contributed by atoms with Crippen molar-refractivity contribution in [1.29, 1.82) is 0 Å². The fourth-order valence-electron chi connectivity index (χ4n) is 2.98. The molecule has 0 amide bonds. The fraction of sp³-hybridized carbons (Fsp3) is 0.840. The predicted molar refractivity (Wildman–Crippen MR) is 138 cm³/mol. The van der Waals surface area contributed by atoms with Crippen LogP contribution in [-0.2, 0) is 8.85 Å². The molecule has 0 aromatic heterocycles. The van der Waals surface area contributed by atoms with E-state index in [1.807, 2.05) is 0 Å². The molecule has 0 rings (SSSR count). The van der Waals surface area contributed by atoms with Gasteiger partial charge in [-0.25, -0.2) is 0 Å². The Balaban J connectivity index is 5.20. The Kier molecular flexibility index (Phi) is 11.5. The summed E-state index contributed by atoms with van der Waals surface area (Å²) >= 11 is 0. The topological polar surface area (TPSA) is 38.7 Å². The van der Waals surface area contributed by atoms with Crippen molar-refractivity contribution >= 4 is 16.6 Å². The summed E-state index contributed by atoms with van der Waals surface area (Å²) in [5, 5.41) is 10.4. The lowest BCUT2D eigenvalue weighted by Gasteiger charge is -2.42. The second-order valence-electron chi connectivity index (χ2n) is 12.2. The van der Waals surface area contributed by atoms with E-state index in [-0.39, 0.29) is 22.3 Å². The van der Waals surface area contributed by atoms with Gasteiger partial charge in [0.2, 0.25) is 0 Å². The zero-order chi connectivity index (χ0) is 24.0. The third-order valence-electron chi connectivity index (χ3n) is 6.97. The summed E-state index contributed by atoms with van der Waals surface area (Å²) in [6.07, 6.45) is 4.67. The van der Waals surface area contributed by atoms with E-state index in [1.54, 1.807) is 6.08 Å². The fourth-order valence-corrected chi connectivity index (χ4v) is 5.35. The van der Waals surface area contributed by atoms with Gasteiger partial charge in [0.05, 0.1) is 18.8 Å². The van der Waals surface area contributed by atoms with Gasteiger partial charge in [0.1, 0.15) is 0 Å². The Bertz CT molecular complexity index is 542. The lowest BCUT2D eigenvalue weighted by molar-refractivity contribution is 0.105. The van der Waals surface area contributed by atoms with Gasteiger partial charge >= 0.3 is 0 Å². The molecule has 30 heavy (non-hydrogen) atoms. The molecule has 0 bridgehead atoms. The minimum Gasteiger partial charge on any atom is -0.414 e. The molecule has 1 N–H and O–H groups in total. The van der Waals surface area contributed by atoms with E-state index in [9.17, 15) is 5.11 Å². The van der Waals surface area contributed by atoms with E-state index in [2.05, 4.69) is 87.8 Å². The van der Waals surface area contributed by atoms with Gasteiger partial charge in [-0.1, -0.05) is 66.7 Å². The quantitative estimate of drug-likeness (QED) is 0.228. The lowest BCUT2D eigenvalue weighted by Crippen LogP contribution is -2.48. The first-order valence-corrected chi connectivity index (χ1v) is 17.4. The second-order valence-corrected chi connectivity index (χ2v) is 21.8. The van der Waals surface area contributed by atoms with Crippen molar-refractivity contribution in [2.75, 3.05) is 6.61 Å². The van der Waals surface area contributed by atoms with E-state index in [4.69, 9.17) is 8.85 Å². The summed E-state index contributed by atoms with van der Waals surface area (Å²) in [5.74, 6) is 0.391. The summed E-state index contributed by atoms with van der Waals surface area (Å²) in [6, 6.07) is 0. The molecule has 178 valence electrons. The molecule has 0 unspecified atom stereocenters. The Morgan fingerprint density at radius 3 is 1.90 bits per heavy atom. The van der Waals surface area contributed by atoms with Crippen LogP contribution in [0.4, 0.5) is 0 Å². The highest BCUT2D eigenvalue weighted by Gasteiger charge is 2.41. The smallest absolute Gasteiger partial charge is 0.192 e. The minimum absolute atomic E-state index is 0.0396. The van der Waals surface area contributed by atoms with Crippen molar-refractivity contribution < 1.29 is 14.0 Å². The molecule has 0 aliphatic carbocycles. The van der Waals surface area contributed by atoms with Crippen molar-refractivity contribution in [3.05, 3.63) is 24.8 Å². The Morgan fingerprint density at radius 2 is 1.47 bits per heavy atom. The van der Waals surface area contributed by atoms with E-state index < -0.39 is 16.6 Å². The molecule has 0 heterocycles. The number of aliphatic hydroxyl groups excluding tert-OH is 1. The van der Waals surface area contributed by atoms with Gasteiger partial charge in [-0.2, -0.15) is 0 Å². The van der Waals surface area contributed by atoms with Crippen LogP contribution in [0.15, 0.2) is 24.8 Å². The van der Waals surface area contributed by atoms with Gasteiger partial charge in [-0.05, 0) is 67.9 Å². The van der Waals surface area contributed by atoms with E-state index in [0.29, 0.717) is 18.9 Å². The van der Waals surface area contributed by atoms with Crippen LogP contribution in [0.1, 0.15) is 74.1 Å². The Morgan fingerprint density at radius 1 is 0.967 bits per heavy atom. The lowest BCUT2D eigenvalue weighted by atomic mass is 9.93. The summed E-state index contributed by atoms with van der Waals surface area (Å²) < 4.78 is 13.4. The predicted octanol–water partition coefficient (Wildman–Crippen LogP) is 7.70. The molecule has 0 aliphatic heterocycles. The molecule has 5 heteroatoms. The molecular formula is C25H52O3Si2. The first-order chi connectivity index (χ1) is 13.3. The number of rotatable bonds is 13. The molecule has 3 atom stereocenters. The molecule has 3 nitrogen and oxygen atoms in total. The normalized spacial score (nSPS) is 16.8. The van der Waals surface area contributed by atoms with Gasteiger partial charge in [0, 0.05) is 0 Å². The minimum atomic E-state index is -1.91. The van der Waals surface area contributed by atoms with Crippen molar-refractivity contribution in [3.8, 4) is 0 Å². The maximum Gasteiger partial charge on any atom is 0.192 e. The van der Waals surface area contributed by atoms with Crippen LogP contribution in [0, 0.1) is 5.92 Å². The average Bonchev–Trinajstić information content (AvgIpc) is 2.49. The van der Waals surface area contributed by atoms with Gasteiger partial charge in [-0.15, -0.1) is 6.58 Å². The maximum absolute atomic E-state index is 10.1. The van der Waals surface area contributed by atoms with Gasteiger partial charge in [-0.3, -0.25) is 0 Å². The van der Waals surface area contributed by atoms with E-state index in [0.717, 1.165) is 19.3 Å². The van der Waals surface area contributed by atoms with Crippen LogP contribution in [-0.4, -0.2) is 40.6 Å². The standard InChI is InChI=1S/C25H52O3Si2/c1-14-15-22(26)17-20(2)16-21(3)18-23(28-30(12,13)25(7,8)9)19-27-29(10,11)24(4,5)6/h14,20,22-23,26H,1,3,15-19H2,2,4-13H3/t20-,22-,23-/m0/s1. The molecule has 0 saturated heterocycles. The number of hydrogen-bond donors (Lipinski definition) is 1.